The van der Waals surface area contributed by atoms with Gasteiger partial charge in [0.2, 0.25) is 0 Å². The summed E-state index contributed by atoms with van der Waals surface area (Å²) in [6, 6.07) is 0. The van der Waals surface area contributed by atoms with E-state index in [1.807, 2.05) is 12.2 Å². The molecule has 0 spiro atoms. The van der Waals surface area contributed by atoms with E-state index in [1.54, 1.807) is 0 Å². The molecule has 0 aliphatic carbocycles. The van der Waals surface area contributed by atoms with Crippen LogP contribution in [-0.2, 0) is 0 Å². The highest BCUT2D eigenvalue weighted by molar-refractivity contribution is 4.97. The van der Waals surface area contributed by atoms with Gasteiger partial charge in [-0.2, -0.15) is 0 Å². The third-order valence-electron chi connectivity index (χ3n) is 1.97. The standard InChI is InChI=1S/C9H16N2/c1-3-4-5-11-8-6-10(2)7-9-11/h3-5H,1,6-9H2,2H3. The maximum Gasteiger partial charge on any atom is 0.0300 e. The van der Waals surface area contributed by atoms with Gasteiger partial charge < -0.3 is 9.80 Å². The number of hydrogen-bond donors (Lipinski definition) is 0. The number of rotatable bonds is 2. The van der Waals surface area contributed by atoms with Gasteiger partial charge in [-0.15, -0.1) is 0 Å². The van der Waals surface area contributed by atoms with Crippen LogP contribution in [0.15, 0.2) is 24.9 Å². The van der Waals surface area contributed by atoms with Gasteiger partial charge in [-0.3, -0.25) is 0 Å². The second kappa shape index (κ2) is 4.19. The van der Waals surface area contributed by atoms with Crippen molar-refractivity contribution in [1.29, 1.82) is 0 Å². The van der Waals surface area contributed by atoms with Crippen LogP contribution in [0.25, 0.3) is 0 Å². The Bertz CT molecular complexity index is 144. The van der Waals surface area contributed by atoms with Crippen LogP contribution in [0.4, 0.5) is 0 Å². The van der Waals surface area contributed by atoms with Crippen LogP contribution in [0.1, 0.15) is 0 Å². The van der Waals surface area contributed by atoms with Crippen LogP contribution < -0.4 is 0 Å². The van der Waals surface area contributed by atoms with E-state index >= 15 is 0 Å². The van der Waals surface area contributed by atoms with Crippen molar-refractivity contribution >= 4 is 0 Å². The van der Waals surface area contributed by atoms with Gasteiger partial charge in [0.1, 0.15) is 0 Å². The zero-order chi connectivity index (χ0) is 8.10. The first-order valence-corrected chi connectivity index (χ1v) is 4.05. The molecule has 0 bridgehead atoms. The Morgan fingerprint density at radius 2 is 1.82 bits per heavy atom. The predicted octanol–water partition coefficient (Wildman–Crippen LogP) is 0.933. The molecule has 1 saturated heterocycles. The van der Waals surface area contributed by atoms with Crippen molar-refractivity contribution in [2.45, 2.75) is 0 Å². The minimum absolute atomic E-state index is 1.14. The highest BCUT2D eigenvalue weighted by Gasteiger charge is 2.08. The zero-order valence-electron chi connectivity index (χ0n) is 7.16. The van der Waals surface area contributed by atoms with Crippen molar-refractivity contribution in [3.63, 3.8) is 0 Å². The van der Waals surface area contributed by atoms with Crippen LogP contribution in [0, 0.1) is 0 Å². The van der Waals surface area contributed by atoms with Gasteiger partial charge in [-0.1, -0.05) is 12.7 Å². The Labute approximate surface area is 68.8 Å². The summed E-state index contributed by atoms with van der Waals surface area (Å²) >= 11 is 0. The monoisotopic (exact) mass is 152 g/mol. The van der Waals surface area contributed by atoms with Crippen LogP contribution in [-0.4, -0.2) is 43.0 Å². The van der Waals surface area contributed by atoms with Crippen LogP contribution in [0.3, 0.4) is 0 Å². The number of allylic oxidation sites excluding steroid dienone is 2. The molecule has 0 N–H and O–H groups in total. The van der Waals surface area contributed by atoms with Crippen molar-refractivity contribution in [3.8, 4) is 0 Å². The maximum atomic E-state index is 3.64. The normalized spacial score (nSPS) is 21.0. The second-order valence-electron chi connectivity index (χ2n) is 2.92. The highest BCUT2D eigenvalue weighted by Crippen LogP contribution is 1.98. The molecule has 0 unspecified atom stereocenters. The van der Waals surface area contributed by atoms with Gasteiger partial charge in [0.25, 0.3) is 0 Å². The first kappa shape index (κ1) is 8.34. The molecular weight excluding hydrogens is 136 g/mol. The Hall–Kier alpha value is -0.760. The molecule has 2 nitrogen and oxygen atoms in total. The molecule has 0 aromatic rings. The minimum atomic E-state index is 1.14. The lowest BCUT2D eigenvalue weighted by molar-refractivity contribution is 0.198. The highest BCUT2D eigenvalue weighted by atomic mass is 15.2. The Morgan fingerprint density at radius 3 is 2.36 bits per heavy atom. The molecule has 2 heteroatoms. The molecular formula is C9H16N2. The van der Waals surface area contributed by atoms with Crippen LogP contribution in [0.2, 0.25) is 0 Å². The van der Waals surface area contributed by atoms with Gasteiger partial charge in [0, 0.05) is 26.2 Å². The molecule has 0 saturated carbocycles. The molecule has 0 aromatic heterocycles. The smallest absolute Gasteiger partial charge is 0.0300 e. The first-order valence-electron chi connectivity index (χ1n) is 4.05. The molecule has 0 amide bonds. The summed E-state index contributed by atoms with van der Waals surface area (Å²) in [4.78, 5) is 4.67. The molecule has 1 fully saturated rings. The molecule has 1 heterocycles. The predicted molar refractivity (Wildman–Crippen MR) is 48.4 cm³/mol. The molecule has 0 radical (unpaired) electrons. The van der Waals surface area contributed by atoms with E-state index in [2.05, 4.69) is 29.6 Å². The van der Waals surface area contributed by atoms with E-state index in [0.29, 0.717) is 0 Å². The lowest BCUT2D eigenvalue weighted by Gasteiger charge is -2.31. The number of hydrogen-bond acceptors (Lipinski definition) is 2. The third kappa shape index (κ3) is 2.76. The van der Waals surface area contributed by atoms with Gasteiger partial charge in [-0.05, 0) is 19.3 Å². The van der Waals surface area contributed by atoms with Gasteiger partial charge in [0.05, 0.1) is 0 Å². The fraction of sp³-hybridized carbons (Fsp3) is 0.556. The third-order valence-corrected chi connectivity index (χ3v) is 1.97. The van der Waals surface area contributed by atoms with Crippen molar-refractivity contribution < 1.29 is 0 Å². The Morgan fingerprint density at radius 1 is 1.18 bits per heavy atom. The molecule has 1 aliphatic heterocycles. The lowest BCUT2D eigenvalue weighted by Crippen LogP contribution is -2.41. The summed E-state index contributed by atoms with van der Waals surface area (Å²) in [5, 5.41) is 0. The quantitative estimate of drug-likeness (QED) is 0.543. The SMILES string of the molecule is C=CC=CN1CCN(C)CC1. The van der Waals surface area contributed by atoms with Crippen molar-refractivity contribution in [2.24, 2.45) is 0 Å². The molecule has 62 valence electrons. The Balaban J connectivity index is 2.27. The lowest BCUT2D eigenvalue weighted by atomic mass is 10.3. The average molecular weight is 152 g/mol. The summed E-state index contributed by atoms with van der Waals surface area (Å²) < 4.78 is 0. The van der Waals surface area contributed by atoms with Crippen molar-refractivity contribution in [2.75, 3.05) is 33.2 Å². The largest absolute Gasteiger partial charge is 0.375 e. The van der Waals surface area contributed by atoms with E-state index in [4.69, 9.17) is 0 Å². The molecule has 0 atom stereocenters. The van der Waals surface area contributed by atoms with Crippen molar-refractivity contribution in [1.82, 2.24) is 9.80 Å². The van der Waals surface area contributed by atoms with E-state index < -0.39 is 0 Å². The number of piperazine rings is 1. The molecule has 11 heavy (non-hydrogen) atoms. The summed E-state index contributed by atoms with van der Waals surface area (Å²) in [6.45, 7) is 8.25. The van der Waals surface area contributed by atoms with E-state index in [0.717, 1.165) is 13.1 Å². The van der Waals surface area contributed by atoms with E-state index in [1.165, 1.54) is 13.1 Å². The van der Waals surface area contributed by atoms with E-state index in [9.17, 15) is 0 Å². The Kier molecular flexibility index (Phi) is 3.17. The van der Waals surface area contributed by atoms with Crippen LogP contribution in [0.5, 0.6) is 0 Å². The maximum absolute atomic E-state index is 3.64. The van der Waals surface area contributed by atoms with E-state index in [-0.39, 0.29) is 0 Å². The fourth-order valence-corrected chi connectivity index (χ4v) is 1.15. The first-order chi connectivity index (χ1) is 5.33. The zero-order valence-corrected chi connectivity index (χ0v) is 7.16. The summed E-state index contributed by atoms with van der Waals surface area (Å²) in [7, 11) is 2.16. The van der Waals surface area contributed by atoms with Crippen molar-refractivity contribution in [3.05, 3.63) is 24.9 Å². The van der Waals surface area contributed by atoms with Gasteiger partial charge in [0.15, 0.2) is 0 Å². The molecule has 0 aromatic carbocycles. The summed E-state index contributed by atoms with van der Waals surface area (Å²) in [5.41, 5.74) is 0. The molecule has 1 rings (SSSR count). The summed E-state index contributed by atoms with van der Waals surface area (Å²) in [6.07, 6.45) is 5.92. The number of nitrogens with zero attached hydrogens (tertiary/aromatic N) is 2. The fourth-order valence-electron chi connectivity index (χ4n) is 1.15. The number of likely N-dealkylation sites (N-methyl/N-ethyl adjacent to an activating group) is 1. The second-order valence-corrected chi connectivity index (χ2v) is 2.92. The average Bonchev–Trinajstić information content (AvgIpc) is 2.04. The topological polar surface area (TPSA) is 6.48 Å². The minimum Gasteiger partial charge on any atom is -0.375 e. The van der Waals surface area contributed by atoms with Gasteiger partial charge in [-0.25, -0.2) is 0 Å². The molecule has 1 aliphatic rings. The van der Waals surface area contributed by atoms with Gasteiger partial charge >= 0.3 is 0 Å². The van der Waals surface area contributed by atoms with Crippen LogP contribution >= 0.6 is 0 Å². The summed E-state index contributed by atoms with van der Waals surface area (Å²) in [5.74, 6) is 0.